The fourth-order valence-electron chi connectivity index (χ4n) is 2.07. The molecule has 1 aromatic carbocycles. The zero-order valence-electron chi connectivity index (χ0n) is 9.64. The summed E-state index contributed by atoms with van der Waals surface area (Å²) in [6.45, 7) is 5.08. The third-order valence-electron chi connectivity index (χ3n) is 3.04. The number of aromatic nitrogens is 1. The van der Waals surface area contributed by atoms with Gasteiger partial charge < -0.3 is 14.8 Å². The lowest BCUT2D eigenvalue weighted by Crippen LogP contribution is -1.97. The minimum Gasteiger partial charge on any atom is -0.508 e. The molecule has 86 valence electrons. The van der Waals surface area contributed by atoms with E-state index in [0.717, 1.165) is 23.0 Å². The van der Waals surface area contributed by atoms with E-state index in [1.54, 1.807) is 12.1 Å². The number of phenols is 1. The second-order valence-electron chi connectivity index (χ2n) is 4.16. The second kappa shape index (κ2) is 4.18. The van der Waals surface area contributed by atoms with Crippen molar-refractivity contribution in [2.24, 2.45) is 0 Å². The molecule has 0 fully saturated rings. The lowest BCUT2D eigenvalue weighted by molar-refractivity contribution is 0.273. The molecular weight excluding hydrogens is 202 g/mol. The average molecular weight is 219 g/mol. The van der Waals surface area contributed by atoms with Gasteiger partial charge in [-0.25, -0.2) is 0 Å². The highest BCUT2D eigenvalue weighted by atomic mass is 16.3. The highest BCUT2D eigenvalue weighted by molar-refractivity contribution is 5.85. The molecule has 1 heterocycles. The van der Waals surface area contributed by atoms with Crippen LogP contribution in [0.3, 0.4) is 0 Å². The number of aromatic hydroxyl groups is 1. The van der Waals surface area contributed by atoms with Crippen LogP contribution in [0.4, 0.5) is 0 Å². The number of hydrogen-bond donors (Lipinski definition) is 2. The number of aryl methyl sites for hydroxylation is 1. The molecule has 2 rings (SSSR count). The van der Waals surface area contributed by atoms with Gasteiger partial charge in [0.05, 0.1) is 0 Å². The molecule has 1 atom stereocenters. The van der Waals surface area contributed by atoms with Crippen molar-refractivity contribution >= 4 is 10.9 Å². The van der Waals surface area contributed by atoms with Crippen LogP contribution in [0, 0.1) is 0 Å². The first-order valence-corrected chi connectivity index (χ1v) is 5.60. The first-order chi connectivity index (χ1) is 7.67. The third kappa shape index (κ3) is 1.67. The lowest BCUT2D eigenvalue weighted by Gasteiger charge is -2.05. The van der Waals surface area contributed by atoms with Gasteiger partial charge in [-0.05, 0) is 30.7 Å². The second-order valence-corrected chi connectivity index (χ2v) is 4.16. The smallest absolute Gasteiger partial charge is 0.116 e. The van der Waals surface area contributed by atoms with Crippen LogP contribution in [0.25, 0.3) is 10.9 Å². The lowest BCUT2D eigenvalue weighted by atomic mass is 10.0. The number of aliphatic hydroxyl groups is 1. The summed E-state index contributed by atoms with van der Waals surface area (Å²) in [5.41, 5.74) is 2.20. The van der Waals surface area contributed by atoms with Crippen molar-refractivity contribution in [1.82, 2.24) is 4.57 Å². The molecule has 0 aliphatic rings. The molecule has 3 heteroatoms. The SMILES string of the molecule is CCn1cc(C(C)CO)c2cc(O)ccc21. The number of aliphatic hydroxyl groups excluding tert-OH is 1. The van der Waals surface area contributed by atoms with Crippen LogP contribution < -0.4 is 0 Å². The zero-order valence-corrected chi connectivity index (χ0v) is 9.64. The predicted octanol–water partition coefficient (Wildman–Crippen LogP) is 2.46. The van der Waals surface area contributed by atoms with Crippen LogP contribution in [-0.2, 0) is 6.54 Å². The highest BCUT2D eigenvalue weighted by Gasteiger charge is 2.13. The Kier molecular flexibility index (Phi) is 2.88. The Bertz CT molecular complexity index is 502. The molecule has 0 saturated carbocycles. The summed E-state index contributed by atoms with van der Waals surface area (Å²) >= 11 is 0. The predicted molar refractivity (Wildman–Crippen MR) is 64.8 cm³/mol. The number of phenolic OH excluding ortho intramolecular Hbond substituents is 1. The first-order valence-electron chi connectivity index (χ1n) is 5.60. The molecule has 0 radical (unpaired) electrons. The van der Waals surface area contributed by atoms with Crippen molar-refractivity contribution in [2.45, 2.75) is 26.3 Å². The molecule has 0 aliphatic heterocycles. The first kappa shape index (κ1) is 11.0. The summed E-state index contributed by atoms with van der Waals surface area (Å²) in [7, 11) is 0. The molecule has 1 unspecified atom stereocenters. The zero-order chi connectivity index (χ0) is 11.7. The largest absolute Gasteiger partial charge is 0.508 e. The minimum absolute atomic E-state index is 0.0945. The standard InChI is InChI=1S/C13H17NO2/c1-3-14-7-12(9(2)8-15)11-6-10(16)4-5-13(11)14/h4-7,9,15-16H,3,8H2,1-2H3. The maximum atomic E-state index is 9.52. The molecule has 0 aliphatic carbocycles. The van der Waals surface area contributed by atoms with Crippen LogP contribution >= 0.6 is 0 Å². The van der Waals surface area contributed by atoms with Crippen molar-refractivity contribution in [3.63, 3.8) is 0 Å². The van der Waals surface area contributed by atoms with Crippen molar-refractivity contribution in [2.75, 3.05) is 6.61 Å². The van der Waals surface area contributed by atoms with Gasteiger partial charge in [-0.2, -0.15) is 0 Å². The van der Waals surface area contributed by atoms with E-state index >= 15 is 0 Å². The number of rotatable bonds is 3. The number of benzene rings is 1. The molecule has 2 aromatic rings. The van der Waals surface area contributed by atoms with Gasteiger partial charge in [0.15, 0.2) is 0 Å². The topological polar surface area (TPSA) is 45.4 Å². The Labute approximate surface area is 94.9 Å². The Morgan fingerprint density at radius 3 is 2.75 bits per heavy atom. The van der Waals surface area contributed by atoms with E-state index in [9.17, 15) is 10.2 Å². The summed E-state index contributed by atoms with van der Waals surface area (Å²) in [5.74, 6) is 0.366. The van der Waals surface area contributed by atoms with E-state index in [1.165, 1.54) is 0 Å². The summed E-state index contributed by atoms with van der Waals surface area (Å²) in [6, 6.07) is 5.38. The number of nitrogens with zero attached hydrogens (tertiary/aromatic N) is 1. The number of fused-ring (bicyclic) bond motifs is 1. The molecule has 0 saturated heterocycles. The van der Waals surface area contributed by atoms with E-state index < -0.39 is 0 Å². The Morgan fingerprint density at radius 1 is 1.38 bits per heavy atom. The maximum absolute atomic E-state index is 9.52. The van der Waals surface area contributed by atoms with Gasteiger partial charge in [0, 0.05) is 36.2 Å². The minimum atomic E-state index is 0.0945. The Morgan fingerprint density at radius 2 is 2.12 bits per heavy atom. The molecule has 3 nitrogen and oxygen atoms in total. The average Bonchev–Trinajstić information content (AvgIpc) is 2.66. The fourth-order valence-corrected chi connectivity index (χ4v) is 2.07. The van der Waals surface area contributed by atoms with Crippen molar-refractivity contribution in [1.29, 1.82) is 0 Å². The maximum Gasteiger partial charge on any atom is 0.116 e. The van der Waals surface area contributed by atoms with Crippen LogP contribution in [0.2, 0.25) is 0 Å². The van der Waals surface area contributed by atoms with Gasteiger partial charge >= 0.3 is 0 Å². The fraction of sp³-hybridized carbons (Fsp3) is 0.385. The van der Waals surface area contributed by atoms with Crippen LogP contribution in [0.5, 0.6) is 5.75 Å². The van der Waals surface area contributed by atoms with Gasteiger partial charge in [0.2, 0.25) is 0 Å². The van der Waals surface area contributed by atoms with Crippen LogP contribution in [0.1, 0.15) is 25.3 Å². The van der Waals surface area contributed by atoms with E-state index in [-0.39, 0.29) is 18.3 Å². The quantitative estimate of drug-likeness (QED) is 0.833. The molecule has 0 amide bonds. The summed E-state index contributed by atoms with van der Waals surface area (Å²) in [6.07, 6.45) is 2.06. The van der Waals surface area contributed by atoms with Gasteiger partial charge in [0.1, 0.15) is 5.75 Å². The van der Waals surface area contributed by atoms with Crippen molar-refractivity contribution < 1.29 is 10.2 Å². The molecule has 0 bridgehead atoms. The Hall–Kier alpha value is -1.48. The van der Waals surface area contributed by atoms with Gasteiger partial charge in [-0.1, -0.05) is 6.92 Å². The Balaban J connectivity index is 2.68. The van der Waals surface area contributed by atoms with Gasteiger partial charge in [-0.3, -0.25) is 0 Å². The molecule has 16 heavy (non-hydrogen) atoms. The van der Waals surface area contributed by atoms with Crippen molar-refractivity contribution in [3.05, 3.63) is 30.0 Å². The summed E-state index contributed by atoms with van der Waals surface area (Å²) in [4.78, 5) is 0. The highest BCUT2D eigenvalue weighted by Crippen LogP contribution is 2.30. The van der Waals surface area contributed by atoms with E-state index in [0.29, 0.717) is 0 Å². The van der Waals surface area contributed by atoms with Crippen LogP contribution in [-0.4, -0.2) is 21.4 Å². The molecule has 2 N–H and O–H groups in total. The van der Waals surface area contributed by atoms with Crippen molar-refractivity contribution in [3.8, 4) is 5.75 Å². The summed E-state index contributed by atoms with van der Waals surface area (Å²) < 4.78 is 2.14. The number of hydrogen-bond acceptors (Lipinski definition) is 2. The normalized spacial score (nSPS) is 13.2. The van der Waals surface area contributed by atoms with E-state index in [2.05, 4.69) is 17.7 Å². The van der Waals surface area contributed by atoms with E-state index in [4.69, 9.17) is 0 Å². The molecular formula is C13H17NO2. The molecule has 0 spiro atoms. The van der Waals surface area contributed by atoms with Gasteiger partial charge in [-0.15, -0.1) is 0 Å². The monoisotopic (exact) mass is 219 g/mol. The van der Waals surface area contributed by atoms with E-state index in [1.807, 2.05) is 13.0 Å². The third-order valence-corrected chi connectivity index (χ3v) is 3.04. The summed E-state index contributed by atoms with van der Waals surface area (Å²) in [5, 5.41) is 19.8. The molecule has 1 aromatic heterocycles. The van der Waals surface area contributed by atoms with Crippen LogP contribution in [0.15, 0.2) is 24.4 Å². The van der Waals surface area contributed by atoms with Gasteiger partial charge in [0.25, 0.3) is 0 Å².